The van der Waals surface area contributed by atoms with Crippen LogP contribution in [-0.4, -0.2) is 37.2 Å². The molecule has 1 unspecified atom stereocenters. The summed E-state index contributed by atoms with van der Waals surface area (Å²) in [7, 11) is 0. The average Bonchev–Trinajstić information content (AvgIpc) is 3.44. The topological polar surface area (TPSA) is 78.9 Å². The minimum Gasteiger partial charge on any atom is -0.462 e. The van der Waals surface area contributed by atoms with Crippen LogP contribution in [0.4, 0.5) is 0 Å². The van der Waals surface area contributed by atoms with E-state index in [4.69, 9.17) is 14.2 Å². The van der Waals surface area contributed by atoms with E-state index in [9.17, 15) is 14.4 Å². The molecular weight excluding hydrogens is 961 g/mol. The van der Waals surface area contributed by atoms with Gasteiger partial charge < -0.3 is 14.2 Å². The van der Waals surface area contributed by atoms with Gasteiger partial charge >= 0.3 is 17.9 Å². The molecule has 0 N–H and O–H groups in total. The molecule has 448 valence electrons. The van der Waals surface area contributed by atoms with Gasteiger partial charge in [-0.3, -0.25) is 14.4 Å². The van der Waals surface area contributed by atoms with Crippen molar-refractivity contribution in [1.29, 1.82) is 0 Å². The van der Waals surface area contributed by atoms with Gasteiger partial charge in [0.25, 0.3) is 0 Å². The van der Waals surface area contributed by atoms with E-state index in [0.717, 1.165) is 116 Å². The fourth-order valence-corrected chi connectivity index (χ4v) is 9.37. The van der Waals surface area contributed by atoms with Gasteiger partial charge in [-0.1, -0.05) is 304 Å². The lowest BCUT2D eigenvalue weighted by Gasteiger charge is -2.18. The maximum Gasteiger partial charge on any atom is 0.306 e. The molecule has 0 aliphatic rings. The van der Waals surface area contributed by atoms with Crippen molar-refractivity contribution in [2.75, 3.05) is 13.2 Å². The average molecular weight is 1090 g/mol. The van der Waals surface area contributed by atoms with Crippen LogP contribution >= 0.6 is 0 Å². The van der Waals surface area contributed by atoms with E-state index in [2.05, 4.69) is 118 Å². The van der Waals surface area contributed by atoms with Gasteiger partial charge in [-0.25, -0.2) is 0 Å². The number of allylic oxidation sites excluding steroid dienone is 16. The molecule has 0 fully saturated rings. The second-order valence-corrected chi connectivity index (χ2v) is 22.0. The highest BCUT2D eigenvalue weighted by Gasteiger charge is 2.19. The van der Waals surface area contributed by atoms with Gasteiger partial charge in [-0.2, -0.15) is 0 Å². The zero-order chi connectivity index (χ0) is 56.4. The number of carbonyl (C=O) groups excluding carboxylic acids is 3. The number of hydrogen-bond donors (Lipinski definition) is 0. The van der Waals surface area contributed by atoms with Crippen LogP contribution in [0.25, 0.3) is 0 Å². The Bertz CT molecular complexity index is 1530. The van der Waals surface area contributed by atoms with Gasteiger partial charge in [0.05, 0.1) is 0 Å². The molecule has 0 saturated carbocycles. The van der Waals surface area contributed by atoms with Crippen molar-refractivity contribution in [2.45, 2.75) is 329 Å². The van der Waals surface area contributed by atoms with E-state index in [0.29, 0.717) is 19.3 Å². The molecule has 6 nitrogen and oxygen atoms in total. The van der Waals surface area contributed by atoms with Crippen molar-refractivity contribution >= 4 is 17.9 Å². The van der Waals surface area contributed by atoms with Crippen LogP contribution in [0.1, 0.15) is 323 Å². The Kier molecular flexibility index (Phi) is 62.7. The first-order valence-corrected chi connectivity index (χ1v) is 33.2. The zero-order valence-corrected chi connectivity index (χ0v) is 51.4. The molecular formula is C72H124O6. The summed E-state index contributed by atoms with van der Waals surface area (Å²) >= 11 is 0. The summed E-state index contributed by atoms with van der Waals surface area (Å²) in [6, 6.07) is 0. The molecule has 78 heavy (non-hydrogen) atoms. The summed E-state index contributed by atoms with van der Waals surface area (Å²) in [6.45, 7) is 6.49. The van der Waals surface area contributed by atoms with Gasteiger partial charge in [-0.05, 0) is 96.3 Å². The molecule has 0 aliphatic carbocycles. The largest absolute Gasteiger partial charge is 0.462 e. The smallest absolute Gasteiger partial charge is 0.306 e. The van der Waals surface area contributed by atoms with E-state index in [1.807, 2.05) is 0 Å². The Balaban J connectivity index is 4.10. The van der Waals surface area contributed by atoms with Crippen LogP contribution in [0, 0.1) is 0 Å². The van der Waals surface area contributed by atoms with Crippen molar-refractivity contribution in [2.24, 2.45) is 0 Å². The van der Waals surface area contributed by atoms with Gasteiger partial charge in [0.15, 0.2) is 6.10 Å². The summed E-state index contributed by atoms with van der Waals surface area (Å²) in [5.74, 6) is -0.876. The zero-order valence-electron chi connectivity index (χ0n) is 51.4. The molecule has 0 saturated heterocycles. The second kappa shape index (κ2) is 65.8. The Morgan fingerprint density at radius 3 is 0.846 bits per heavy atom. The van der Waals surface area contributed by atoms with Gasteiger partial charge in [0.1, 0.15) is 13.2 Å². The van der Waals surface area contributed by atoms with E-state index in [1.165, 1.54) is 167 Å². The normalized spacial score (nSPS) is 12.7. The summed E-state index contributed by atoms with van der Waals surface area (Å²) in [5.41, 5.74) is 0. The first-order chi connectivity index (χ1) is 38.5. The van der Waals surface area contributed by atoms with Crippen molar-refractivity contribution in [3.05, 3.63) is 97.2 Å². The standard InChI is InChI=1S/C72H124O6/c1-4-7-10-13-16-19-22-24-26-27-28-29-30-31-32-33-34-35-36-37-38-39-40-41-42-43-44-45-47-48-50-53-56-59-62-65-71(74)77-68-69(67-76-70(73)64-61-58-55-52-21-18-15-12-9-6-3)78-72(75)66-63-60-57-54-51-49-46-25-23-20-17-14-11-8-5-2/h7,10,12,15-16,19,24,26,28-29,31-32,34-35,37-38,69H,4-6,8-9,11,13-14,17-18,20-23,25,27,30,33,36,39-68H2,1-3H3/b10-7-,15-12-,19-16-,26-24-,29-28-,32-31-,35-34-,38-37-. The van der Waals surface area contributed by atoms with Gasteiger partial charge in [0.2, 0.25) is 0 Å². The predicted molar refractivity (Wildman–Crippen MR) is 339 cm³/mol. The molecule has 1 atom stereocenters. The van der Waals surface area contributed by atoms with Crippen molar-refractivity contribution < 1.29 is 28.6 Å². The van der Waals surface area contributed by atoms with Gasteiger partial charge in [0, 0.05) is 19.3 Å². The SMILES string of the molecule is CC/C=C\C/C=C\C/C=C\C/C=C\C/C=C\C/C=C\C/C=C\CCCCCCCCCCCCCCCC(=O)OCC(COC(=O)CCCCCCC/C=C\CCC)OC(=O)CCCCCCCCCCCCCCCCC. The molecule has 0 radical (unpaired) electrons. The molecule has 0 aromatic rings. The van der Waals surface area contributed by atoms with Crippen molar-refractivity contribution in [3.8, 4) is 0 Å². The highest BCUT2D eigenvalue weighted by atomic mass is 16.6. The van der Waals surface area contributed by atoms with Crippen molar-refractivity contribution in [3.63, 3.8) is 0 Å². The van der Waals surface area contributed by atoms with E-state index < -0.39 is 6.10 Å². The highest BCUT2D eigenvalue weighted by Crippen LogP contribution is 2.17. The lowest BCUT2D eigenvalue weighted by molar-refractivity contribution is -0.167. The van der Waals surface area contributed by atoms with E-state index in [1.54, 1.807) is 0 Å². The molecule has 0 heterocycles. The fourth-order valence-electron chi connectivity index (χ4n) is 9.37. The number of rotatable bonds is 60. The van der Waals surface area contributed by atoms with E-state index >= 15 is 0 Å². The van der Waals surface area contributed by atoms with Crippen LogP contribution in [0.5, 0.6) is 0 Å². The maximum absolute atomic E-state index is 12.9. The third-order valence-corrected chi connectivity index (χ3v) is 14.3. The van der Waals surface area contributed by atoms with Crippen LogP contribution in [0.2, 0.25) is 0 Å². The summed E-state index contributed by atoms with van der Waals surface area (Å²) < 4.78 is 16.9. The Morgan fingerprint density at radius 2 is 0.526 bits per heavy atom. The first kappa shape index (κ1) is 74.3. The van der Waals surface area contributed by atoms with Crippen molar-refractivity contribution in [1.82, 2.24) is 0 Å². The molecule has 0 rings (SSSR count). The third kappa shape index (κ3) is 63.2. The van der Waals surface area contributed by atoms with Crippen LogP contribution in [0.15, 0.2) is 97.2 Å². The Morgan fingerprint density at radius 1 is 0.269 bits per heavy atom. The van der Waals surface area contributed by atoms with E-state index in [-0.39, 0.29) is 31.1 Å². The van der Waals surface area contributed by atoms with Crippen LogP contribution < -0.4 is 0 Å². The molecule has 0 bridgehead atoms. The minimum atomic E-state index is -0.777. The molecule has 0 aromatic carbocycles. The fraction of sp³-hybridized carbons (Fsp3) is 0.736. The second-order valence-electron chi connectivity index (χ2n) is 22.0. The van der Waals surface area contributed by atoms with Crippen LogP contribution in [-0.2, 0) is 28.6 Å². The quantitative estimate of drug-likeness (QED) is 0.0261. The molecule has 0 amide bonds. The van der Waals surface area contributed by atoms with Gasteiger partial charge in [-0.15, -0.1) is 0 Å². The number of unbranched alkanes of at least 4 members (excludes halogenated alkanes) is 33. The van der Waals surface area contributed by atoms with Crippen LogP contribution in [0.3, 0.4) is 0 Å². The molecule has 0 aromatic heterocycles. The number of hydrogen-bond acceptors (Lipinski definition) is 6. The summed E-state index contributed by atoms with van der Waals surface area (Å²) in [6.07, 6.45) is 88.7. The maximum atomic E-state index is 12.9. The monoisotopic (exact) mass is 1080 g/mol. The Hall–Kier alpha value is -3.67. The molecule has 6 heteroatoms. The third-order valence-electron chi connectivity index (χ3n) is 14.3. The summed E-state index contributed by atoms with van der Waals surface area (Å²) in [5, 5.41) is 0. The number of ether oxygens (including phenoxy) is 3. The minimum absolute atomic E-state index is 0.0763. The molecule has 0 spiro atoms. The summed E-state index contributed by atoms with van der Waals surface area (Å²) in [4.78, 5) is 38.2. The highest BCUT2D eigenvalue weighted by molar-refractivity contribution is 5.71. The number of carbonyl (C=O) groups is 3. The lowest BCUT2D eigenvalue weighted by Crippen LogP contribution is -2.30. The number of esters is 3. The first-order valence-electron chi connectivity index (χ1n) is 33.2. The lowest BCUT2D eigenvalue weighted by atomic mass is 10.0. The molecule has 0 aliphatic heterocycles. The predicted octanol–water partition coefficient (Wildman–Crippen LogP) is 22.8. The Labute approximate surface area is 483 Å².